The normalized spacial score (nSPS) is 12.9. The molecule has 1 aromatic rings. The molecule has 0 aromatic heterocycles. The van der Waals surface area contributed by atoms with E-state index in [1.165, 1.54) is 0 Å². The number of anilines is 1. The van der Waals surface area contributed by atoms with Crippen LogP contribution in [0.2, 0.25) is 0 Å². The Labute approximate surface area is 88.7 Å². The fourth-order valence-electron chi connectivity index (χ4n) is 1.57. The smallest absolute Gasteiger partial charge is 0.246 e. The minimum Gasteiger partial charge on any atom is -0.377 e. The molecule has 0 saturated heterocycles. The zero-order valence-corrected chi connectivity index (χ0v) is 8.95. The van der Waals surface area contributed by atoms with Crippen molar-refractivity contribution < 1.29 is 8.78 Å². The molecule has 0 spiro atoms. The van der Waals surface area contributed by atoms with E-state index in [9.17, 15) is 8.78 Å². The SMILES string of the molecule is CN(C)c1ccccc1C(CN)C(F)F. The van der Waals surface area contributed by atoms with Gasteiger partial charge in [0, 0.05) is 26.3 Å². The average Bonchev–Trinajstić information content (AvgIpc) is 2.18. The van der Waals surface area contributed by atoms with Gasteiger partial charge in [-0.15, -0.1) is 0 Å². The molecule has 0 bridgehead atoms. The van der Waals surface area contributed by atoms with Crippen LogP contribution in [0.4, 0.5) is 14.5 Å². The molecule has 1 rings (SSSR count). The van der Waals surface area contributed by atoms with E-state index in [1.54, 1.807) is 12.1 Å². The molecule has 0 aliphatic rings. The van der Waals surface area contributed by atoms with Crippen molar-refractivity contribution in [2.24, 2.45) is 5.73 Å². The van der Waals surface area contributed by atoms with Crippen molar-refractivity contribution in [3.8, 4) is 0 Å². The number of benzene rings is 1. The molecule has 0 radical (unpaired) electrons. The minimum atomic E-state index is -2.42. The Morgan fingerprint density at radius 1 is 1.27 bits per heavy atom. The molecule has 0 heterocycles. The van der Waals surface area contributed by atoms with Crippen LogP contribution in [-0.2, 0) is 0 Å². The van der Waals surface area contributed by atoms with Crippen molar-refractivity contribution in [2.45, 2.75) is 12.3 Å². The number of halogens is 2. The van der Waals surface area contributed by atoms with Crippen molar-refractivity contribution in [2.75, 3.05) is 25.5 Å². The van der Waals surface area contributed by atoms with E-state index in [0.29, 0.717) is 5.56 Å². The van der Waals surface area contributed by atoms with Gasteiger partial charge in [0.05, 0.1) is 5.92 Å². The van der Waals surface area contributed by atoms with Gasteiger partial charge in [-0.05, 0) is 11.6 Å². The maximum absolute atomic E-state index is 12.7. The van der Waals surface area contributed by atoms with Gasteiger partial charge in [-0.2, -0.15) is 0 Å². The van der Waals surface area contributed by atoms with Crippen LogP contribution in [0, 0.1) is 0 Å². The van der Waals surface area contributed by atoms with Crippen LogP contribution in [0.5, 0.6) is 0 Å². The van der Waals surface area contributed by atoms with E-state index in [-0.39, 0.29) is 6.54 Å². The fourth-order valence-corrected chi connectivity index (χ4v) is 1.57. The lowest BCUT2D eigenvalue weighted by atomic mass is 9.97. The summed E-state index contributed by atoms with van der Waals surface area (Å²) in [6.07, 6.45) is -2.42. The predicted octanol–water partition coefficient (Wildman–Crippen LogP) is 2.06. The second-order valence-corrected chi connectivity index (χ2v) is 3.63. The fraction of sp³-hybridized carbons (Fsp3) is 0.455. The molecule has 84 valence electrons. The largest absolute Gasteiger partial charge is 0.377 e. The van der Waals surface area contributed by atoms with Gasteiger partial charge < -0.3 is 10.6 Å². The van der Waals surface area contributed by atoms with E-state index < -0.39 is 12.3 Å². The lowest BCUT2D eigenvalue weighted by Gasteiger charge is -2.22. The number of rotatable bonds is 4. The van der Waals surface area contributed by atoms with E-state index in [4.69, 9.17) is 5.73 Å². The number of alkyl halides is 2. The summed E-state index contributed by atoms with van der Waals surface area (Å²) < 4.78 is 25.5. The van der Waals surface area contributed by atoms with E-state index in [2.05, 4.69) is 0 Å². The molecule has 0 fully saturated rings. The molecular formula is C11H16F2N2. The van der Waals surface area contributed by atoms with Crippen molar-refractivity contribution in [1.82, 2.24) is 0 Å². The number of hydrogen-bond acceptors (Lipinski definition) is 2. The van der Waals surface area contributed by atoms with Crippen LogP contribution < -0.4 is 10.6 Å². The van der Waals surface area contributed by atoms with Gasteiger partial charge in [-0.3, -0.25) is 0 Å². The van der Waals surface area contributed by atoms with Crippen LogP contribution in [0.25, 0.3) is 0 Å². The van der Waals surface area contributed by atoms with Crippen molar-refractivity contribution in [3.05, 3.63) is 29.8 Å². The summed E-state index contributed by atoms with van der Waals surface area (Å²) in [5.74, 6) is -0.886. The second-order valence-electron chi connectivity index (χ2n) is 3.63. The number of nitrogens with two attached hydrogens (primary N) is 1. The average molecular weight is 214 g/mol. The van der Waals surface area contributed by atoms with E-state index >= 15 is 0 Å². The summed E-state index contributed by atoms with van der Waals surface area (Å²) in [4.78, 5) is 1.82. The maximum atomic E-state index is 12.7. The van der Waals surface area contributed by atoms with Crippen LogP contribution in [0.15, 0.2) is 24.3 Å². The van der Waals surface area contributed by atoms with E-state index in [1.807, 2.05) is 31.1 Å². The Kier molecular flexibility index (Phi) is 4.03. The highest BCUT2D eigenvalue weighted by Gasteiger charge is 2.23. The van der Waals surface area contributed by atoms with Gasteiger partial charge >= 0.3 is 0 Å². The third-order valence-electron chi connectivity index (χ3n) is 2.38. The quantitative estimate of drug-likeness (QED) is 0.831. The van der Waals surface area contributed by atoms with Gasteiger partial charge in [0.1, 0.15) is 0 Å². The summed E-state index contributed by atoms with van der Waals surface area (Å²) in [5.41, 5.74) is 6.79. The van der Waals surface area contributed by atoms with Crippen LogP contribution in [-0.4, -0.2) is 27.1 Å². The van der Waals surface area contributed by atoms with Gasteiger partial charge in [-0.1, -0.05) is 18.2 Å². The number of para-hydroxylation sites is 1. The van der Waals surface area contributed by atoms with Crippen LogP contribution in [0.3, 0.4) is 0 Å². The zero-order chi connectivity index (χ0) is 11.4. The van der Waals surface area contributed by atoms with Gasteiger partial charge in [0.15, 0.2) is 0 Å². The molecule has 0 aliphatic carbocycles. The highest BCUT2D eigenvalue weighted by molar-refractivity contribution is 5.54. The lowest BCUT2D eigenvalue weighted by molar-refractivity contribution is 0.117. The third kappa shape index (κ3) is 2.65. The molecule has 0 aliphatic heterocycles. The van der Waals surface area contributed by atoms with Crippen LogP contribution in [0.1, 0.15) is 11.5 Å². The Morgan fingerprint density at radius 3 is 2.33 bits per heavy atom. The van der Waals surface area contributed by atoms with Gasteiger partial charge in [0.2, 0.25) is 6.43 Å². The molecule has 2 N–H and O–H groups in total. The first-order valence-electron chi connectivity index (χ1n) is 4.82. The zero-order valence-electron chi connectivity index (χ0n) is 8.95. The second kappa shape index (κ2) is 5.07. The Balaban J connectivity index is 3.11. The number of hydrogen-bond donors (Lipinski definition) is 1. The molecule has 1 aromatic carbocycles. The molecule has 2 nitrogen and oxygen atoms in total. The highest BCUT2D eigenvalue weighted by Crippen LogP contribution is 2.29. The molecule has 4 heteroatoms. The topological polar surface area (TPSA) is 29.3 Å². The molecule has 1 atom stereocenters. The first kappa shape index (κ1) is 11.9. The van der Waals surface area contributed by atoms with Gasteiger partial charge in [-0.25, -0.2) is 8.78 Å². The molecular weight excluding hydrogens is 198 g/mol. The first-order valence-corrected chi connectivity index (χ1v) is 4.82. The van der Waals surface area contributed by atoms with Crippen LogP contribution >= 0.6 is 0 Å². The van der Waals surface area contributed by atoms with E-state index in [0.717, 1.165) is 5.69 Å². The standard InChI is InChI=1S/C11H16F2N2/c1-15(2)10-6-4-3-5-8(10)9(7-14)11(12)13/h3-6,9,11H,7,14H2,1-2H3. The minimum absolute atomic E-state index is 0.0392. The predicted molar refractivity (Wildman–Crippen MR) is 58.6 cm³/mol. The Hall–Kier alpha value is -1.16. The first-order chi connectivity index (χ1) is 7.07. The highest BCUT2D eigenvalue weighted by atomic mass is 19.3. The monoisotopic (exact) mass is 214 g/mol. The van der Waals surface area contributed by atoms with Crippen molar-refractivity contribution in [1.29, 1.82) is 0 Å². The molecule has 15 heavy (non-hydrogen) atoms. The van der Waals surface area contributed by atoms with Crippen molar-refractivity contribution in [3.63, 3.8) is 0 Å². The lowest BCUT2D eigenvalue weighted by Crippen LogP contribution is -2.22. The summed E-state index contributed by atoms with van der Waals surface area (Å²) >= 11 is 0. The third-order valence-corrected chi connectivity index (χ3v) is 2.38. The molecule has 0 amide bonds. The summed E-state index contributed by atoms with van der Waals surface area (Å²) in [5, 5.41) is 0. The summed E-state index contributed by atoms with van der Waals surface area (Å²) in [6.45, 7) is -0.0392. The molecule has 1 unspecified atom stereocenters. The number of nitrogens with zero attached hydrogens (tertiary/aromatic N) is 1. The molecule has 0 saturated carbocycles. The summed E-state index contributed by atoms with van der Waals surface area (Å²) in [7, 11) is 3.66. The Bertz CT molecular complexity index is 313. The maximum Gasteiger partial charge on any atom is 0.246 e. The summed E-state index contributed by atoms with van der Waals surface area (Å²) in [6, 6.07) is 7.12. The van der Waals surface area contributed by atoms with Crippen molar-refractivity contribution >= 4 is 5.69 Å². The van der Waals surface area contributed by atoms with Gasteiger partial charge in [0.25, 0.3) is 0 Å². The Morgan fingerprint density at radius 2 is 1.87 bits per heavy atom.